The molecule has 0 spiro atoms. The molecule has 6 N–H and O–H groups in total. The third kappa shape index (κ3) is 8.93. The molecule has 15 heteroatoms. The zero-order valence-corrected chi connectivity index (χ0v) is 24.5. The first-order valence-electron chi connectivity index (χ1n) is 13.1. The first kappa shape index (κ1) is 32.4. The van der Waals surface area contributed by atoms with Crippen LogP contribution < -0.4 is 21.7 Å². The molecule has 0 aromatic heterocycles. The van der Waals surface area contributed by atoms with E-state index < -0.39 is 39.4 Å². The number of carbonyl (C=O) groups is 3. The third-order valence-corrected chi connectivity index (χ3v) is 9.73. The van der Waals surface area contributed by atoms with Crippen LogP contribution in [-0.2, 0) is 30.8 Å². The molecule has 0 bridgehead atoms. The Bertz CT molecular complexity index is 1430. The van der Waals surface area contributed by atoms with Gasteiger partial charge in [0.05, 0.1) is 10.3 Å². The van der Waals surface area contributed by atoms with Gasteiger partial charge in [-0.3, -0.25) is 9.59 Å². The molecule has 3 atom stereocenters. The van der Waals surface area contributed by atoms with E-state index in [4.69, 9.17) is 11.0 Å². The second-order valence-corrected chi connectivity index (χ2v) is 12.6. The van der Waals surface area contributed by atoms with Crippen molar-refractivity contribution in [1.29, 1.82) is 5.26 Å². The molecular formula is C27H33N7O6S2. The summed E-state index contributed by atoms with van der Waals surface area (Å²) < 4.78 is 27.7. The van der Waals surface area contributed by atoms with Gasteiger partial charge in [-0.1, -0.05) is 30.3 Å². The minimum atomic E-state index is -3.98. The number of guanidine groups is 1. The van der Waals surface area contributed by atoms with E-state index in [1.165, 1.54) is 23.9 Å². The number of nitriles is 1. The van der Waals surface area contributed by atoms with Gasteiger partial charge in [0.25, 0.3) is 0 Å². The summed E-state index contributed by atoms with van der Waals surface area (Å²) in [5, 5.41) is 25.7. The Morgan fingerprint density at radius 1 is 1.17 bits per heavy atom. The van der Waals surface area contributed by atoms with Gasteiger partial charge in [0, 0.05) is 30.8 Å². The molecule has 0 saturated carbocycles. The van der Waals surface area contributed by atoms with Crippen molar-refractivity contribution < 1.29 is 27.9 Å². The highest BCUT2D eigenvalue weighted by atomic mass is 32.2. The normalized spacial score (nSPS) is 18.0. The zero-order valence-electron chi connectivity index (χ0n) is 22.9. The highest BCUT2D eigenvalue weighted by Crippen LogP contribution is 2.34. The van der Waals surface area contributed by atoms with Crippen LogP contribution in [0.25, 0.3) is 0 Å². The highest BCUT2D eigenvalue weighted by molar-refractivity contribution is 8.01. The van der Waals surface area contributed by atoms with Gasteiger partial charge in [0.1, 0.15) is 12.1 Å². The number of nitrogens with zero attached hydrogens (tertiary/aromatic N) is 3. The van der Waals surface area contributed by atoms with Crippen molar-refractivity contribution in [2.24, 2.45) is 10.7 Å². The van der Waals surface area contributed by atoms with Crippen LogP contribution in [0.4, 0.5) is 5.69 Å². The predicted octanol–water partition coefficient (Wildman–Crippen LogP) is 1.44. The van der Waals surface area contributed by atoms with Crippen molar-refractivity contribution in [3.05, 3.63) is 60.2 Å². The fourth-order valence-electron chi connectivity index (χ4n) is 4.27. The van der Waals surface area contributed by atoms with Crippen LogP contribution >= 0.6 is 11.8 Å². The number of hydrogen-bond acceptors (Lipinski definition) is 8. The molecule has 2 aromatic carbocycles. The molecule has 0 radical (unpaired) electrons. The molecule has 3 rings (SSSR count). The maximum absolute atomic E-state index is 13.3. The Kier molecular flexibility index (Phi) is 11.7. The Balaban J connectivity index is 1.55. The molecule has 2 aromatic rings. The van der Waals surface area contributed by atoms with E-state index in [1.807, 2.05) is 0 Å². The van der Waals surface area contributed by atoms with Crippen molar-refractivity contribution in [3.8, 4) is 6.19 Å². The molecule has 0 aliphatic carbocycles. The number of carbonyl (C=O) groups excluding carboxylic acids is 2. The molecule has 1 aliphatic rings. The van der Waals surface area contributed by atoms with E-state index in [0.29, 0.717) is 30.6 Å². The summed E-state index contributed by atoms with van der Waals surface area (Å²) in [6.45, 7) is 2.16. The number of benzene rings is 2. The average molecular weight is 616 g/mol. The van der Waals surface area contributed by atoms with Crippen molar-refractivity contribution in [2.75, 3.05) is 17.6 Å². The Hall–Kier alpha value is -4.13. The number of carboxylic acids is 1. The summed E-state index contributed by atoms with van der Waals surface area (Å²) in [6.07, 6.45) is 3.02. The summed E-state index contributed by atoms with van der Waals surface area (Å²) in [4.78, 5) is 40.8. The molecule has 13 nitrogen and oxygen atoms in total. The Morgan fingerprint density at radius 3 is 2.50 bits per heavy atom. The number of sulfonamides is 1. The molecule has 1 aliphatic heterocycles. The number of thioether (sulfide) groups is 1. The lowest BCUT2D eigenvalue weighted by atomic mass is 10.0. The van der Waals surface area contributed by atoms with Crippen molar-refractivity contribution in [2.45, 2.75) is 55.0 Å². The lowest BCUT2D eigenvalue weighted by Crippen LogP contribution is -2.53. The van der Waals surface area contributed by atoms with Gasteiger partial charge < -0.3 is 26.8 Å². The van der Waals surface area contributed by atoms with Crippen LogP contribution in [0.2, 0.25) is 0 Å². The van der Waals surface area contributed by atoms with Gasteiger partial charge in [-0.2, -0.15) is 9.57 Å². The topological polar surface area (TPSA) is 207 Å². The van der Waals surface area contributed by atoms with Gasteiger partial charge in [0.2, 0.25) is 34.0 Å². The number of amides is 2. The molecule has 1 unspecified atom stereocenters. The summed E-state index contributed by atoms with van der Waals surface area (Å²) in [5.74, 6) is -1.92. The highest BCUT2D eigenvalue weighted by Gasteiger charge is 2.45. The first-order chi connectivity index (χ1) is 20.0. The Labute approximate surface area is 248 Å². The van der Waals surface area contributed by atoms with Crippen LogP contribution in [0.3, 0.4) is 0 Å². The van der Waals surface area contributed by atoms with Crippen LogP contribution in [0, 0.1) is 11.5 Å². The predicted molar refractivity (Wildman–Crippen MR) is 159 cm³/mol. The van der Waals surface area contributed by atoms with Gasteiger partial charge in [0.15, 0.2) is 0 Å². The monoisotopic (exact) mass is 615 g/mol. The largest absolute Gasteiger partial charge is 0.480 e. The number of carboxylic acid groups (broad SMARTS) is 1. The minimum Gasteiger partial charge on any atom is -0.480 e. The van der Waals surface area contributed by atoms with Crippen LogP contribution in [0.15, 0.2) is 64.5 Å². The van der Waals surface area contributed by atoms with E-state index in [9.17, 15) is 27.9 Å². The SMILES string of the molecule is CC1SC[C@@H](C(=O)N[C@@H](Cc2ccc(NC(=O)CCCCN/C(N)=N/C#N)cc2)C(=O)O)N1S(=O)(=O)c1ccccc1. The second kappa shape index (κ2) is 15.2. The number of hydrogen-bond donors (Lipinski definition) is 5. The van der Waals surface area contributed by atoms with Crippen LogP contribution in [0.1, 0.15) is 31.7 Å². The van der Waals surface area contributed by atoms with E-state index in [1.54, 1.807) is 55.6 Å². The quantitative estimate of drug-likeness (QED) is 0.0948. The van der Waals surface area contributed by atoms with Crippen molar-refractivity contribution >= 4 is 51.2 Å². The zero-order chi connectivity index (χ0) is 30.7. The summed E-state index contributed by atoms with van der Waals surface area (Å²) in [7, 11) is -3.98. The summed E-state index contributed by atoms with van der Waals surface area (Å²) in [5.41, 5.74) is 6.58. The van der Waals surface area contributed by atoms with E-state index in [2.05, 4.69) is 20.9 Å². The number of rotatable bonds is 13. The fourth-order valence-corrected chi connectivity index (χ4v) is 7.59. The average Bonchev–Trinajstić information content (AvgIpc) is 3.36. The van der Waals surface area contributed by atoms with E-state index in [0.717, 1.165) is 4.31 Å². The number of unbranched alkanes of at least 4 members (excludes halogenated alkanes) is 1. The number of nitrogens with two attached hydrogens (primary N) is 1. The smallest absolute Gasteiger partial charge is 0.326 e. The van der Waals surface area contributed by atoms with Gasteiger partial charge in [-0.15, -0.1) is 16.8 Å². The lowest BCUT2D eigenvalue weighted by molar-refractivity contribution is -0.142. The third-order valence-electron chi connectivity index (χ3n) is 6.38. The number of nitrogens with one attached hydrogen (secondary N) is 3. The standard InChI is InChI=1S/C27H33N7O6S2/c1-18-34(42(39,40)21-7-3-2-4-8-21)23(16-41-18)25(36)33-22(26(37)38)15-19-10-12-20(13-11-19)32-24(35)9-5-6-14-30-27(29)31-17-28/h2-4,7-8,10-13,18,22-23H,5-6,9,14-16H2,1H3,(H,32,35)(H,33,36)(H,37,38)(H3,29,30,31)/t18?,22-,23-/m0/s1. The molecule has 224 valence electrons. The van der Waals surface area contributed by atoms with Crippen molar-refractivity contribution in [3.63, 3.8) is 0 Å². The second-order valence-electron chi connectivity index (χ2n) is 9.43. The number of anilines is 1. The lowest BCUT2D eigenvalue weighted by Gasteiger charge is -2.27. The molecule has 1 heterocycles. The number of aliphatic carboxylic acids is 1. The van der Waals surface area contributed by atoms with E-state index in [-0.39, 0.29) is 35.4 Å². The molecule has 2 amide bonds. The van der Waals surface area contributed by atoms with Gasteiger partial charge in [-0.25, -0.2) is 13.2 Å². The summed E-state index contributed by atoms with van der Waals surface area (Å²) >= 11 is 1.30. The van der Waals surface area contributed by atoms with Gasteiger partial charge in [-0.05, 0) is 49.6 Å². The van der Waals surface area contributed by atoms with Crippen molar-refractivity contribution in [1.82, 2.24) is 14.9 Å². The first-order valence-corrected chi connectivity index (χ1v) is 15.6. The Morgan fingerprint density at radius 2 is 1.86 bits per heavy atom. The molecule has 42 heavy (non-hydrogen) atoms. The molecule has 1 fully saturated rings. The van der Waals surface area contributed by atoms with E-state index >= 15 is 0 Å². The number of aliphatic imine (C=N–C) groups is 1. The summed E-state index contributed by atoms with van der Waals surface area (Å²) in [6, 6.07) is 12.0. The van der Waals surface area contributed by atoms with Crippen LogP contribution in [-0.4, -0.2) is 71.3 Å². The van der Waals surface area contributed by atoms with Crippen LogP contribution in [0.5, 0.6) is 0 Å². The molecule has 1 saturated heterocycles. The maximum atomic E-state index is 13.3. The maximum Gasteiger partial charge on any atom is 0.326 e. The fraction of sp³-hybridized carbons (Fsp3) is 0.370. The van der Waals surface area contributed by atoms with Gasteiger partial charge >= 0.3 is 5.97 Å². The molecular weight excluding hydrogens is 582 g/mol. The minimum absolute atomic E-state index is 0.0249.